The summed E-state index contributed by atoms with van der Waals surface area (Å²) < 4.78 is 11.2. The number of thiophene rings is 2. The minimum atomic E-state index is -0.234. The van der Waals surface area contributed by atoms with Crippen molar-refractivity contribution in [1.29, 1.82) is 10.5 Å². The molecule has 4 aromatic heterocycles. The standard InChI is InChI=1S/C30H18N8O2S4/c1-13-7-15-16(25-23(13)37-29(43-25)27-17(39-5)9-21(41-27)35-19(11-31)33-3)8-14(2)24-26(15)44-30(38-24)28-18(40-6)10-22(42-28)36-20(12-32)34-4/h7-10,15-16H,1-2,5-6H3. The molecule has 2 atom stereocenters. The lowest BCUT2D eigenvalue weighted by molar-refractivity contribution is 0.418. The number of aromatic nitrogens is 2. The molecule has 214 valence electrons. The third-order valence-electron chi connectivity index (χ3n) is 6.95. The van der Waals surface area contributed by atoms with E-state index in [9.17, 15) is 0 Å². The minimum absolute atomic E-state index is 0.0683. The number of nitriles is 2. The van der Waals surface area contributed by atoms with Crippen LogP contribution >= 0.6 is 45.3 Å². The molecule has 0 saturated heterocycles. The molecular formula is C30H18N8O2S4. The molecule has 44 heavy (non-hydrogen) atoms. The maximum absolute atomic E-state index is 9.14. The number of rotatable bonds is 6. The number of hydrogen-bond acceptors (Lipinski definition) is 12. The van der Waals surface area contributed by atoms with Crippen LogP contribution in [0.15, 0.2) is 34.3 Å². The average Bonchev–Trinajstić information content (AvgIpc) is 3.83. The number of nitrogens with zero attached hydrogens (tertiary/aromatic N) is 8. The summed E-state index contributed by atoms with van der Waals surface area (Å²) in [6.45, 7) is 18.4. The number of allylic oxidation sites excluding steroid dienone is 4. The number of amidine groups is 2. The maximum atomic E-state index is 9.14. The molecule has 0 radical (unpaired) electrons. The largest absolute Gasteiger partial charge is 0.495 e. The van der Waals surface area contributed by atoms with Gasteiger partial charge in [-0.05, 0) is 25.0 Å². The topological polar surface area (TPSA) is 125 Å². The number of aliphatic imine (C=N–C) groups is 2. The summed E-state index contributed by atoms with van der Waals surface area (Å²) in [5.74, 6) is 0.858. The second kappa shape index (κ2) is 11.6. The number of thiazole rings is 2. The van der Waals surface area contributed by atoms with Gasteiger partial charge in [-0.1, -0.05) is 58.0 Å². The summed E-state index contributed by atoms with van der Waals surface area (Å²) >= 11 is 5.90. The molecule has 2 aliphatic rings. The monoisotopic (exact) mass is 650 g/mol. The van der Waals surface area contributed by atoms with Gasteiger partial charge in [0.2, 0.25) is 10.0 Å². The Hall–Kier alpha value is -4.96. The van der Waals surface area contributed by atoms with Crippen molar-refractivity contribution < 1.29 is 9.47 Å². The molecule has 0 spiro atoms. The van der Waals surface area contributed by atoms with E-state index >= 15 is 0 Å². The van der Waals surface area contributed by atoms with Gasteiger partial charge < -0.3 is 19.2 Å². The van der Waals surface area contributed by atoms with Gasteiger partial charge in [-0.3, -0.25) is 0 Å². The highest BCUT2D eigenvalue weighted by atomic mass is 32.1. The summed E-state index contributed by atoms with van der Waals surface area (Å²) in [5.41, 5.74) is 4.02. The zero-order valence-corrected chi connectivity index (χ0v) is 26.8. The molecule has 10 nitrogen and oxygen atoms in total. The molecule has 14 heteroatoms. The van der Waals surface area contributed by atoms with Crippen molar-refractivity contribution in [3.8, 4) is 43.4 Å². The highest BCUT2D eigenvalue weighted by Crippen LogP contribution is 2.56. The summed E-state index contributed by atoms with van der Waals surface area (Å²) in [6, 6.07) is 7.06. The van der Waals surface area contributed by atoms with Crippen molar-refractivity contribution in [2.24, 2.45) is 9.98 Å². The van der Waals surface area contributed by atoms with E-state index in [1.165, 1.54) is 22.7 Å². The van der Waals surface area contributed by atoms with Crippen molar-refractivity contribution in [3.05, 3.63) is 68.3 Å². The van der Waals surface area contributed by atoms with Crippen LogP contribution in [0.25, 0.3) is 40.6 Å². The summed E-state index contributed by atoms with van der Waals surface area (Å²) in [7, 11) is 3.16. The van der Waals surface area contributed by atoms with Crippen LogP contribution in [0.5, 0.6) is 11.5 Å². The molecule has 0 aliphatic heterocycles. The van der Waals surface area contributed by atoms with Crippen LogP contribution < -0.4 is 9.47 Å². The molecule has 0 bridgehead atoms. The molecule has 4 heterocycles. The molecule has 6 rings (SSSR count). The first kappa shape index (κ1) is 29.1. The van der Waals surface area contributed by atoms with Crippen LogP contribution in [-0.2, 0) is 0 Å². The van der Waals surface area contributed by atoms with Crippen LogP contribution in [-0.4, -0.2) is 35.9 Å². The lowest BCUT2D eigenvalue weighted by atomic mass is 9.77. The van der Waals surface area contributed by atoms with E-state index in [-0.39, 0.29) is 23.5 Å². The Kier molecular flexibility index (Phi) is 7.69. The fourth-order valence-corrected chi connectivity index (χ4v) is 9.70. The fraction of sp³-hybridized carbons (Fsp3) is 0.200. The van der Waals surface area contributed by atoms with Crippen molar-refractivity contribution in [1.82, 2.24) is 9.97 Å². The van der Waals surface area contributed by atoms with Crippen molar-refractivity contribution in [2.75, 3.05) is 14.2 Å². The molecule has 0 aromatic carbocycles. The van der Waals surface area contributed by atoms with Crippen molar-refractivity contribution >= 4 is 78.2 Å². The van der Waals surface area contributed by atoms with E-state index in [1.54, 1.807) is 61.2 Å². The van der Waals surface area contributed by atoms with E-state index < -0.39 is 0 Å². The second-order valence-electron chi connectivity index (χ2n) is 9.50. The Morgan fingerprint density at radius 3 is 1.52 bits per heavy atom. The van der Waals surface area contributed by atoms with Gasteiger partial charge in [0.1, 0.15) is 43.4 Å². The highest BCUT2D eigenvalue weighted by Gasteiger charge is 2.38. The van der Waals surface area contributed by atoms with E-state index in [0.29, 0.717) is 21.5 Å². The quantitative estimate of drug-likeness (QED) is 0.117. The van der Waals surface area contributed by atoms with Gasteiger partial charge in [-0.2, -0.15) is 0 Å². The molecule has 0 N–H and O–H groups in total. The highest BCUT2D eigenvalue weighted by molar-refractivity contribution is 7.25. The number of hydrogen-bond donors (Lipinski definition) is 0. The van der Waals surface area contributed by atoms with Crippen LogP contribution in [0, 0.1) is 35.8 Å². The SMILES string of the molecule is [C-]#[N+]C(C#N)=Nc1cc(OC)c(-c2nc3c(s2)C2C=C(C)c4nc(-c5sc(N=C(C#N)[N+]#[C-])cc5OC)sc4C2C=C3C)s1. The Labute approximate surface area is 268 Å². The third-order valence-corrected chi connectivity index (χ3v) is 11.6. The lowest BCUT2D eigenvalue weighted by Crippen LogP contribution is -2.16. The van der Waals surface area contributed by atoms with Gasteiger partial charge >= 0.3 is 11.7 Å². The van der Waals surface area contributed by atoms with Crippen molar-refractivity contribution in [3.63, 3.8) is 0 Å². The third kappa shape index (κ3) is 4.90. The van der Waals surface area contributed by atoms with Gasteiger partial charge in [0.25, 0.3) is 0 Å². The molecule has 2 aliphatic carbocycles. The Bertz CT molecular complexity index is 1960. The van der Waals surface area contributed by atoms with Crippen LogP contribution in [0.2, 0.25) is 0 Å². The zero-order chi connectivity index (χ0) is 31.1. The van der Waals surface area contributed by atoms with E-state index in [4.69, 9.17) is 43.1 Å². The minimum Gasteiger partial charge on any atom is -0.495 e. The smallest absolute Gasteiger partial charge is 0.350 e. The molecular weight excluding hydrogens is 633 g/mol. The summed E-state index contributed by atoms with van der Waals surface area (Å²) in [5, 5.41) is 20.9. The van der Waals surface area contributed by atoms with Gasteiger partial charge in [-0.15, -0.1) is 22.7 Å². The molecule has 4 aromatic rings. The first-order valence-corrected chi connectivity index (χ1v) is 16.1. The zero-order valence-electron chi connectivity index (χ0n) is 23.5. The van der Waals surface area contributed by atoms with Crippen molar-refractivity contribution in [2.45, 2.75) is 25.7 Å². The number of fused-ring (bicyclic) bond motifs is 5. The van der Waals surface area contributed by atoms with E-state index in [0.717, 1.165) is 52.1 Å². The Balaban J connectivity index is 1.40. The van der Waals surface area contributed by atoms with Crippen LogP contribution in [0.3, 0.4) is 0 Å². The van der Waals surface area contributed by atoms with Gasteiger partial charge in [0.05, 0.1) is 25.6 Å². The molecule has 0 saturated carbocycles. The van der Waals surface area contributed by atoms with E-state index in [1.807, 2.05) is 0 Å². The molecule has 0 amide bonds. The second-order valence-corrected chi connectivity index (χ2v) is 13.6. The van der Waals surface area contributed by atoms with Crippen LogP contribution in [0.1, 0.15) is 46.8 Å². The van der Waals surface area contributed by atoms with Gasteiger partial charge in [-0.25, -0.2) is 20.5 Å². The fourth-order valence-electron chi connectivity index (χ4n) is 5.05. The predicted octanol–water partition coefficient (Wildman–Crippen LogP) is 8.72. The predicted molar refractivity (Wildman–Crippen MR) is 175 cm³/mol. The first-order chi connectivity index (χ1) is 21.3. The van der Waals surface area contributed by atoms with Gasteiger partial charge in [0.15, 0.2) is 0 Å². The summed E-state index contributed by atoms with van der Waals surface area (Å²) in [6.07, 6.45) is 4.51. The Morgan fingerprint density at radius 2 is 1.18 bits per heavy atom. The van der Waals surface area contributed by atoms with E-state index in [2.05, 4.69) is 45.7 Å². The summed E-state index contributed by atoms with van der Waals surface area (Å²) in [4.78, 5) is 28.6. The molecule has 0 fully saturated rings. The maximum Gasteiger partial charge on any atom is 0.350 e. The first-order valence-electron chi connectivity index (χ1n) is 12.8. The van der Waals surface area contributed by atoms with Gasteiger partial charge in [0, 0.05) is 33.7 Å². The normalized spacial score (nSPS) is 17.1. The number of ether oxygens (including phenoxy) is 2. The lowest BCUT2D eigenvalue weighted by Gasteiger charge is -2.30. The molecule has 2 unspecified atom stereocenters. The average molecular weight is 651 g/mol. The van der Waals surface area contributed by atoms with Crippen LogP contribution in [0.4, 0.5) is 10.0 Å². The number of methoxy groups -OCH3 is 2. The Morgan fingerprint density at radius 1 is 0.773 bits per heavy atom.